The molecule has 0 aromatic heterocycles. The molecule has 2 aliphatic heterocycles. The van der Waals surface area contributed by atoms with E-state index in [1.807, 2.05) is 53.1 Å². The van der Waals surface area contributed by atoms with E-state index in [1.54, 1.807) is 0 Å². The van der Waals surface area contributed by atoms with Crippen LogP contribution in [0.15, 0.2) is 48.5 Å². The number of rotatable bonds is 3. The molecular weight excluding hydrogens is 348 g/mol. The van der Waals surface area contributed by atoms with Crippen molar-refractivity contribution in [3.8, 4) is 0 Å². The molecule has 4 heteroatoms. The lowest BCUT2D eigenvalue weighted by molar-refractivity contribution is -0.134. The summed E-state index contributed by atoms with van der Waals surface area (Å²) in [4.78, 5) is 29.7. The number of piperidine rings is 1. The van der Waals surface area contributed by atoms with Gasteiger partial charge in [0.15, 0.2) is 0 Å². The third-order valence-corrected chi connectivity index (χ3v) is 6.05. The van der Waals surface area contributed by atoms with E-state index in [0.717, 1.165) is 43.5 Å². The van der Waals surface area contributed by atoms with Crippen LogP contribution in [0.3, 0.4) is 0 Å². The Balaban J connectivity index is 1.34. The van der Waals surface area contributed by atoms with E-state index >= 15 is 0 Å². The number of likely N-dealkylation sites (tertiary alicyclic amines) is 1. The van der Waals surface area contributed by atoms with Crippen molar-refractivity contribution in [1.82, 2.24) is 4.90 Å². The number of para-hydroxylation sites is 1. The molecular formula is C24H28N2O2. The maximum absolute atomic E-state index is 13.1. The minimum Gasteiger partial charge on any atom is -0.342 e. The predicted octanol–water partition coefficient (Wildman–Crippen LogP) is 3.76. The second-order valence-electron chi connectivity index (χ2n) is 8.04. The Morgan fingerprint density at radius 2 is 1.68 bits per heavy atom. The molecule has 0 N–H and O–H groups in total. The number of aryl methyl sites for hydroxylation is 2. The maximum atomic E-state index is 13.1. The second kappa shape index (κ2) is 8.17. The smallest absolute Gasteiger partial charge is 0.230 e. The number of hydrogen-bond donors (Lipinski definition) is 0. The molecule has 28 heavy (non-hydrogen) atoms. The number of amides is 2. The minimum atomic E-state index is 0.0228. The van der Waals surface area contributed by atoms with Crippen LogP contribution in [0.25, 0.3) is 0 Å². The maximum Gasteiger partial charge on any atom is 0.230 e. The molecule has 0 aliphatic carbocycles. The van der Waals surface area contributed by atoms with Crippen LogP contribution in [0, 0.1) is 12.8 Å². The average molecular weight is 377 g/mol. The van der Waals surface area contributed by atoms with Gasteiger partial charge in [-0.3, -0.25) is 9.59 Å². The van der Waals surface area contributed by atoms with E-state index in [0.29, 0.717) is 19.5 Å². The van der Waals surface area contributed by atoms with E-state index in [9.17, 15) is 9.59 Å². The zero-order valence-electron chi connectivity index (χ0n) is 16.6. The van der Waals surface area contributed by atoms with Gasteiger partial charge >= 0.3 is 0 Å². The molecule has 0 unspecified atom stereocenters. The Hall–Kier alpha value is -2.62. The molecule has 2 aromatic rings. The van der Waals surface area contributed by atoms with E-state index in [1.165, 1.54) is 11.1 Å². The monoisotopic (exact) mass is 376 g/mol. The van der Waals surface area contributed by atoms with E-state index in [2.05, 4.69) is 12.1 Å². The molecule has 146 valence electrons. The van der Waals surface area contributed by atoms with Crippen LogP contribution in [0.1, 0.15) is 36.0 Å². The first-order valence-corrected chi connectivity index (χ1v) is 10.3. The molecule has 2 heterocycles. The number of carbonyl (C=O) groups excluding carboxylic acids is 2. The highest BCUT2D eigenvalue weighted by Gasteiger charge is 2.32. The molecule has 2 aliphatic rings. The topological polar surface area (TPSA) is 40.6 Å². The van der Waals surface area contributed by atoms with Crippen molar-refractivity contribution in [2.24, 2.45) is 5.92 Å². The zero-order valence-corrected chi connectivity index (χ0v) is 16.6. The second-order valence-corrected chi connectivity index (χ2v) is 8.04. The third kappa shape index (κ3) is 3.96. The summed E-state index contributed by atoms with van der Waals surface area (Å²) < 4.78 is 0. The van der Waals surface area contributed by atoms with Gasteiger partial charge in [-0.2, -0.15) is 0 Å². The fourth-order valence-corrected chi connectivity index (χ4v) is 4.35. The summed E-state index contributed by atoms with van der Waals surface area (Å²) in [6.07, 6.45) is 4.04. The van der Waals surface area contributed by atoms with Crippen molar-refractivity contribution in [1.29, 1.82) is 0 Å². The lowest BCUT2D eigenvalue weighted by atomic mass is 9.92. The number of benzene rings is 2. The molecule has 0 spiro atoms. The summed E-state index contributed by atoms with van der Waals surface area (Å²) >= 11 is 0. The molecule has 0 radical (unpaired) electrons. The molecule has 0 atom stereocenters. The summed E-state index contributed by atoms with van der Waals surface area (Å²) in [5, 5.41) is 0. The molecule has 4 nitrogen and oxygen atoms in total. The van der Waals surface area contributed by atoms with Crippen molar-refractivity contribution in [2.45, 2.75) is 39.0 Å². The fraction of sp³-hybridized carbons (Fsp3) is 0.417. The summed E-state index contributed by atoms with van der Waals surface area (Å²) in [5.41, 5.74) is 4.61. The van der Waals surface area contributed by atoms with Gasteiger partial charge in [-0.15, -0.1) is 0 Å². The van der Waals surface area contributed by atoms with Crippen LogP contribution < -0.4 is 4.90 Å². The third-order valence-electron chi connectivity index (χ3n) is 6.05. The van der Waals surface area contributed by atoms with E-state index in [-0.39, 0.29) is 17.7 Å². The lowest BCUT2D eigenvalue weighted by Crippen LogP contribution is -2.46. The SMILES string of the molecule is Cc1ccc(CC(=O)N2CCC(C(=O)N3CCCc4ccccc43)CC2)cc1. The van der Waals surface area contributed by atoms with Crippen LogP contribution in [-0.4, -0.2) is 36.3 Å². The zero-order chi connectivity index (χ0) is 19.5. The average Bonchev–Trinajstić information content (AvgIpc) is 2.74. The largest absolute Gasteiger partial charge is 0.342 e. The highest BCUT2D eigenvalue weighted by Crippen LogP contribution is 2.30. The number of anilines is 1. The summed E-state index contributed by atoms with van der Waals surface area (Å²) in [5.74, 6) is 0.422. The molecule has 0 bridgehead atoms. The van der Waals surface area contributed by atoms with Gasteiger partial charge in [0.2, 0.25) is 11.8 Å². The van der Waals surface area contributed by atoms with Gasteiger partial charge < -0.3 is 9.80 Å². The Labute approximate surface area is 167 Å². The van der Waals surface area contributed by atoms with Gasteiger partial charge in [-0.25, -0.2) is 0 Å². The molecule has 1 fully saturated rings. The van der Waals surface area contributed by atoms with Gasteiger partial charge in [-0.1, -0.05) is 48.0 Å². The standard InChI is InChI=1S/C24H28N2O2/c1-18-8-10-19(11-9-18)17-23(27)25-15-12-21(13-16-25)24(28)26-14-4-6-20-5-2-3-7-22(20)26/h2-3,5,7-11,21H,4,6,12-17H2,1H3. The lowest BCUT2D eigenvalue weighted by Gasteiger charge is -2.36. The Morgan fingerprint density at radius 3 is 2.43 bits per heavy atom. The molecule has 1 saturated heterocycles. The van der Waals surface area contributed by atoms with E-state index in [4.69, 9.17) is 0 Å². The first-order chi connectivity index (χ1) is 13.6. The Kier molecular flexibility index (Phi) is 5.47. The molecule has 0 saturated carbocycles. The van der Waals surface area contributed by atoms with Crippen LogP contribution in [0.5, 0.6) is 0 Å². The van der Waals surface area contributed by atoms with Gasteiger partial charge in [-0.05, 0) is 49.8 Å². The molecule has 2 amide bonds. The normalized spacial score (nSPS) is 17.3. The van der Waals surface area contributed by atoms with Crippen LogP contribution in [0.4, 0.5) is 5.69 Å². The van der Waals surface area contributed by atoms with Crippen molar-refractivity contribution in [3.05, 3.63) is 65.2 Å². The number of hydrogen-bond acceptors (Lipinski definition) is 2. The highest BCUT2D eigenvalue weighted by atomic mass is 16.2. The van der Waals surface area contributed by atoms with Crippen molar-refractivity contribution in [3.63, 3.8) is 0 Å². The first-order valence-electron chi connectivity index (χ1n) is 10.3. The van der Waals surface area contributed by atoms with Crippen LogP contribution in [-0.2, 0) is 22.4 Å². The minimum absolute atomic E-state index is 0.0228. The van der Waals surface area contributed by atoms with Crippen LogP contribution >= 0.6 is 0 Å². The fourth-order valence-electron chi connectivity index (χ4n) is 4.35. The predicted molar refractivity (Wildman–Crippen MR) is 111 cm³/mol. The highest BCUT2D eigenvalue weighted by molar-refractivity contribution is 5.96. The van der Waals surface area contributed by atoms with Gasteiger partial charge in [0.1, 0.15) is 0 Å². The molecule has 4 rings (SSSR count). The van der Waals surface area contributed by atoms with Gasteiger partial charge in [0.25, 0.3) is 0 Å². The van der Waals surface area contributed by atoms with Gasteiger partial charge in [0.05, 0.1) is 6.42 Å². The molecule has 2 aromatic carbocycles. The van der Waals surface area contributed by atoms with Crippen molar-refractivity contribution >= 4 is 17.5 Å². The first kappa shape index (κ1) is 18.7. The Bertz CT molecular complexity index is 851. The van der Waals surface area contributed by atoms with Crippen molar-refractivity contribution < 1.29 is 9.59 Å². The van der Waals surface area contributed by atoms with E-state index < -0.39 is 0 Å². The quantitative estimate of drug-likeness (QED) is 0.818. The number of nitrogens with zero attached hydrogens (tertiary/aromatic N) is 2. The van der Waals surface area contributed by atoms with Crippen LogP contribution in [0.2, 0.25) is 0 Å². The Morgan fingerprint density at radius 1 is 0.964 bits per heavy atom. The van der Waals surface area contributed by atoms with Crippen molar-refractivity contribution in [2.75, 3.05) is 24.5 Å². The summed E-state index contributed by atoms with van der Waals surface area (Å²) in [7, 11) is 0. The van der Waals surface area contributed by atoms with Gasteiger partial charge in [0, 0.05) is 31.2 Å². The number of carbonyl (C=O) groups is 2. The summed E-state index contributed by atoms with van der Waals surface area (Å²) in [6, 6.07) is 16.4. The summed E-state index contributed by atoms with van der Waals surface area (Å²) in [6.45, 7) is 4.21. The number of fused-ring (bicyclic) bond motifs is 1.